The number of ketones is 2. The molecule has 0 unspecified atom stereocenters. The third kappa shape index (κ3) is 4.20. The van der Waals surface area contributed by atoms with Gasteiger partial charge in [0.2, 0.25) is 17.4 Å². The van der Waals surface area contributed by atoms with Crippen LogP contribution in [-0.2, 0) is 9.47 Å². The van der Waals surface area contributed by atoms with Gasteiger partial charge < -0.3 is 24.3 Å². The van der Waals surface area contributed by atoms with Gasteiger partial charge in [0.25, 0.3) is 0 Å². The van der Waals surface area contributed by atoms with E-state index in [1.165, 1.54) is 37.4 Å². The van der Waals surface area contributed by atoms with Crippen molar-refractivity contribution < 1.29 is 38.5 Å². The normalized spacial score (nSPS) is 11.9. The van der Waals surface area contributed by atoms with Crippen molar-refractivity contribution >= 4 is 69.9 Å². The minimum absolute atomic E-state index is 0.00652. The number of aromatic amines is 1. The van der Waals surface area contributed by atoms with Gasteiger partial charge in [-0.1, -0.05) is 46.4 Å². The Morgan fingerprint density at radius 3 is 2.15 bits per heavy atom. The number of hydrogen-bond donors (Lipinski definition) is 2. The summed E-state index contributed by atoms with van der Waals surface area (Å²) in [6, 6.07) is 7.47. The number of ether oxygens (including phenoxy) is 3. The number of aromatic hydroxyl groups is 1. The monoisotopic (exact) mass is 622 g/mol. The van der Waals surface area contributed by atoms with Gasteiger partial charge in [-0.25, -0.2) is 9.59 Å². The highest BCUT2D eigenvalue weighted by Gasteiger charge is 2.37. The largest absolute Gasteiger partial charge is 0.507 e. The van der Waals surface area contributed by atoms with Crippen molar-refractivity contribution in [3.63, 3.8) is 0 Å². The molecule has 0 saturated heterocycles. The number of esters is 2. The molecule has 2 N–H and O–H groups in total. The van der Waals surface area contributed by atoms with Gasteiger partial charge in [-0.2, -0.15) is 0 Å². The highest BCUT2D eigenvalue weighted by atomic mass is 35.5. The van der Waals surface area contributed by atoms with E-state index in [0.29, 0.717) is 0 Å². The first kappa shape index (κ1) is 27.6. The summed E-state index contributed by atoms with van der Waals surface area (Å²) in [5.74, 6) is -3.87. The molecule has 2 aromatic carbocycles. The van der Waals surface area contributed by atoms with Crippen LogP contribution in [-0.4, -0.2) is 52.4 Å². The second-order valence-electron chi connectivity index (χ2n) is 8.28. The van der Waals surface area contributed by atoms with E-state index in [-0.39, 0.29) is 71.2 Å². The first-order valence-electron chi connectivity index (χ1n) is 11.1. The topological polar surface area (TPSA) is 137 Å². The van der Waals surface area contributed by atoms with Gasteiger partial charge >= 0.3 is 11.9 Å². The lowest BCUT2D eigenvalue weighted by atomic mass is 10.0. The molecule has 40 heavy (non-hydrogen) atoms. The Labute approximate surface area is 244 Å². The molecule has 1 aliphatic rings. The summed E-state index contributed by atoms with van der Waals surface area (Å²) in [5, 5.41) is 9.75. The van der Waals surface area contributed by atoms with E-state index in [4.69, 9.17) is 55.9 Å². The van der Waals surface area contributed by atoms with Crippen LogP contribution in [0.2, 0.25) is 20.2 Å². The summed E-state index contributed by atoms with van der Waals surface area (Å²) in [6.07, 6.45) is 0. The average Bonchev–Trinajstić information content (AvgIpc) is 3.37. The number of phenolic OH excluding ortho intramolecular Hbond substituents is 1. The molecule has 0 radical (unpaired) electrons. The van der Waals surface area contributed by atoms with Crippen molar-refractivity contribution in [2.45, 2.75) is 0 Å². The van der Waals surface area contributed by atoms with Gasteiger partial charge in [-0.3, -0.25) is 14.2 Å². The van der Waals surface area contributed by atoms with Crippen molar-refractivity contribution in [1.82, 2.24) is 9.55 Å². The average molecular weight is 624 g/mol. The number of H-pyrrole nitrogens is 1. The Morgan fingerprint density at radius 1 is 0.900 bits per heavy atom. The number of nitrogens with zero attached hydrogens (tertiary/aromatic N) is 1. The van der Waals surface area contributed by atoms with Gasteiger partial charge in [-0.15, -0.1) is 0 Å². The molecule has 0 aliphatic carbocycles. The SMILES string of the molecule is COC(=O)c1ccc(C(=O)c2c(Cl)c(Cl)c3n2-c2c([nH]c(Cl)c2Cl)C(=O)c2ccc(C(=O)OC)cc2O3)c(O)c1. The second kappa shape index (κ2) is 10.2. The molecule has 1 aliphatic heterocycles. The number of methoxy groups -OCH3 is 2. The van der Waals surface area contributed by atoms with Crippen molar-refractivity contribution in [2.24, 2.45) is 0 Å². The molecule has 2 aromatic heterocycles. The molecule has 4 aromatic rings. The minimum Gasteiger partial charge on any atom is -0.507 e. The molecule has 10 nitrogen and oxygen atoms in total. The zero-order chi connectivity index (χ0) is 29.0. The van der Waals surface area contributed by atoms with E-state index < -0.39 is 29.3 Å². The fraction of sp³-hybridized carbons (Fsp3) is 0.0769. The van der Waals surface area contributed by atoms with Crippen LogP contribution < -0.4 is 4.74 Å². The highest BCUT2D eigenvalue weighted by Crippen LogP contribution is 2.49. The maximum atomic E-state index is 13.8. The van der Waals surface area contributed by atoms with E-state index in [1.54, 1.807) is 0 Å². The van der Waals surface area contributed by atoms with E-state index in [0.717, 1.165) is 17.7 Å². The van der Waals surface area contributed by atoms with Crippen molar-refractivity contribution in [1.29, 1.82) is 0 Å². The van der Waals surface area contributed by atoms with Crippen LogP contribution in [0.15, 0.2) is 36.4 Å². The zero-order valence-electron chi connectivity index (χ0n) is 20.2. The Morgan fingerprint density at radius 2 is 1.52 bits per heavy atom. The third-order valence-corrected chi connectivity index (χ3v) is 7.63. The molecule has 204 valence electrons. The second-order valence-corrected chi connectivity index (χ2v) is 9.79. The highest BCUT2D eigenvalue weighted by molar-refractivity contribution is 6.46. The molecule has 0 amide bonds. The Bertz CT molecular complexity index is 1790. The summed E-state index contributed by atoms with van der Waals surface area (Å²) < 4.78 is 16.5. The molecule has 5 rings (SSSR count). The first-order valence-corrected chi connectivity index (χ1v) is 12.6. The van der Waals surface area contributed by atoms with Crippen LogP contribution in [0.25, 0.3) is 5.69 Å². The van der Waals surface area contributed by atoms with Crippen LogP contribution in [0.5, 0.6) is 17.4 Å². The molecular formula is C26H14Cl4N2O8. The van der Waals surface area contributed by atoms with E-state index in [2.05, 4.69) is 9.72 Å². The maximum absolute atomic E-state index is 13.8. The van der Waals surface area contributed by atoms with E-state index in [9.17, 15) is 24.3 Å². The van der Waals surface area contributed by atoms with Crippen molar-refractivity contribution in [3.8, 4) is 23.1 Å². The van der Waals surface area contributed by atoms with Crippen LogP contribution in [0.1, 0.15) is 52.8 Å². The Balaban J connectivity index is 1.80. The quantitative estimate of drug-likeness (QED) is 0.177. The number of nitrogens with one attached hydrogen (secondary N) is 1. The lowest BCUT2D eigenvalue weighted by molar-refractivity contribution is 0.0591. The fourth-order valence-electron chi connectivity index (χ4n) is 4.19. The predicted molar refractivity (Wildman–Crippen MR) is 144 cm³/mol. The molecule has 14 heteroatoms. The van der Waals surface area contributed by atoms with Crippen LogP contribution >= 0.6 is 46.4 Å². The number of phenols is 1. The summed E-state index contributed by atoms with van der Waals surface area (Å²) in [4.78, 5) is 54.2. The standard InChI is InChI=1S/C26H14Cl4N2O8/c1-38-25(36)9-3-5-11(13(33)7-9)22(35)20-15(27)16(28)24-32(20)19-17(29)23(30)31-18(19)21(34)12-6-4-10(26(37)39-2)8-14(12)40-24/h3-8,31,33H,1-2H3. The fourth-order valence-corrected chi connectivity index (χ4v) is 5.06. The number of halogens is 4. The summed E-state index contributed by atoms with van der Waals surface area (Å²) >= 11 is 25.9. The molecular weight excluding hydrogens is 610 g/mol. The van der Waals surface area contributed by atoms with Gasteiger partial charge in [0, 0.05) is 0 Å². The van der Waals surface area contributed by atoms with Gasteiger partial charge in [0.1, 0.15) is 38.1 Å². The number of rotatable bonds is 4. The number of fused-ring (bicyclic) bond motifs is 4. The van der Waals surface area contributed by atoms with Gasteiger partial charge in [0.05, 0.1) is 47.2 Å². The molecule has 3 heterocycles. The number of aromatic nitrogens is 2. The third-order valence-electron chi connectivity index (χ3n) is 6.07. The van der Waals surface area contributed by atoms with Crippen LogP contribution in [0.4, 0.5) is 0 Å². The minimum atomic E-state index is -0.869. The summed E-state index contributed by atoms with van der Waals surface area (Å²) in [7, 11) is 2.35. The van der Waals surface area contributed by atoms with Gasteiger partial charge in [-0.05, 0) is 36.4 Å². The molecule has 0 fully saturated rings. The summed E-state index contributed by atoms with van der Waals surface area (Å²) in [6.45, 7) is 0. The molecule has 0 bridgehead atoms. The predicted octanol–water partition coefficient (Wildman–Crippen LogP) is 6.27. The Kier molecular flexibility index (Phi) is 7.05. The number of carbonyl (C=O) groups excluding carboxylic acids is 4. The van der Waals surface area contributed by atoms with Crippen molar-refractivity contribution in [3.05, 3.63) is 90.3 Å². The van der Waals surface area contributed by atoms with Crippen LogP contribution in [0.3, 0.4) is 0 Å². The first-order chi connectivity index (χ1) is 19.0. The van der Waals surface area contributed by atoms with Gasteiger partial charge in [0.15, 0.2) is 0 Å². The van der Waals surface area contributed by atoms with E-state index >= 15 is 0 Å². The lowest BCUT2D eigenvalue weighted by Crippen LogP contribution is -2.17. The molecule has 0 saturated carbocycles. The lowest BCUT2D eigenvalue weighted by Gasteiger charge is -2.19. The number of carbonyl (C=O) groups is 4. The smallest absolute Gasteiger partial charge is 0.337 e. The zero-order valence-corrected chi connectivity index (χ0v) is 23.3. The number of hydrogen-bond acceptors (Lipinski definition) is 8. The molecule has 0 spiro atoms. The van der Waals surface area contributed by atoms with Crippen molar-refractivity contribution in [2.75, 3.05) is 14.2 Å². The van der Waals surface area contributed by atoms with E-state index in [1.807, 2.05) is 0 Å². The van der Waals surface area contributed by atoms with Crippen LogP contribution in [0, 0.1) is 0 Å². The maximum Gasteiger partial charge on any atom is 0.337 e. The Hall–Kier alpha value is -3.96. The summed E-state index contributed by atoms with van der Waals surface area (Å²) in [5.41, 5.74) is -0.807. The molecule has 0 atom stereocenters. The number of benzene rings is 2.